The Morgan fingerprint density at radius 1 is 1.42 bits per heavy atom. The van der Waals surface area contributed by atoms with Crippen molar-refractivity contribution in [2.75, 3.05) is 5.32 Å². The van der Waals surface area contributed by atoms with Crippen LogP contribution in [-0.2, 0) is 24.1 Å². The Bertz CT molecular complexity index is 883. The second kappa shape index (κ2) is 8.17. The fraction of sp³-hybridized carbons (Fsp3) is 0.316. The van der Waals surface area contributed by atoms with Crippen molar-refractivity contribution in [2.24, 2.45) is 5.92 Å². The number of thiophene rings is 1. The molecule has 1 amide bonds. The fourth-order valence-electron chi connectivity index (χ4n) is 3.05. The average molecular weight is 404 g/mol. The number of nitrogens with zero attached hydrogens (tertiary/aromatic N) is 1. The minimum atomic E-state index is -0.210. The normalized spacial score (nSPS) is 15.7. The molecule has 26 heavy (non-hydrogen) atoms. The van der Waals surface area contributed by atoms with Crippen LogP contribution in [0.5, 0.6) is 0 Å². The van der Waals surface area contributed by atoms with Crippen molar-refractivity contribution in [3.63, 3.8) is 0 Å². The summed E-state index contributed by atoms with van der Waals surface area (Å²) in [6.45, 7) is 2.23. The number of hydrogen-bond acceptors (Lipinski definition) is 4. The number of nitrogens with one attached hydrogen (secondary N) is 2. The molecule has 134 valence electrons. The number of thiocarbonyl (C=S) groups is 1. The van der Waals surface area contributed by atoms with E-state index in [1.165, 1.54) is 4.88 Å². The largest absolute Gasteiger partial charge is 0.323 e. The summed E-state index contributed by atoms with van der Waals surface area (Å²) >= 11 is 12.7. The molecule has 2 aromatic rings. The minimum Gasteiger partial charge on any atom is -0.323 e. The molecular weight excluding hydrogens is 386 g/mol. The van der Waals surface area contributed by atoms with Gasteiger partial charge in [0.05, 0.1) is 12.0 Å². The molecule has 0 aliphatic heterocycles. The van der Waals surface area contributed by atoms with E-state index in [-0.39, 0.29) is 17.4 Å². The predicted octanol–water partition coefficient (Wildman–Crippen LogP) is 4.45. The molecule has 0 spiro atoms. The van der Waals surface area contributed by atoms with E-state index in [2.05, 4.69) is 23.6 Å². The third kappa shape index (κ3) is 4.42. The lowest BCUT2D eigenvalue weighted by Crippen LogP contribution is -2.35. The van der Waals surface area contributed by atoms with Crippen LogP contribution >= 0.6 is 35.2 Å². The van der Waals surface area contributed by atoms with Gasteiger partial charge in [-0.1, -0.05) is 30.7 Å². The highest BCUT2D eigenvalue weighted by Gasteiger charge is 2.24. The van der Waals surface area contributed by atoms with Gasteiger partial charge in [0.2, 0.25) is 5.91 Å². The summed E-state index contributed by atoms with van der Waals surface area (Å²) in [5.74, 6) is 0.421. The topological polar surface area (TPSA) is 64.9 Å². The van der Waals surface area contributed by atoms with E-state index in [1.54, 1.807) is 35.6 Å². The first-order valence-electron chi connectivity index (χ1n) is 8.36. The maximum Gasteiger partial charge on any atom is 0.230 e. The third-order valence-corrected chi connectivity index (χ3v) is 6.01. The molecule has 7 heteroatoms. The molecule has 0 saturated heterocycles. The van der Waals surface area contributed by atoms with Crippen LogP contribution in [0.4, 0.5) is 5.00 Å². The Hall–Kier alpha value is -1.94. The number of rotatable bonds is 3. The van der Waals surface area contributed by atoms with E-state index < -0.39 is 0 Å². The van der Waals surface area contributed by atoms with Crippen molar-refractivity contribution in [1.29, 1.82) is 5.26 Å². The van der Waals surface area contributed by atoms with Crippen LogP contribution in [0.15, 0.2) is 24.3 Å². The summed E-state index contributed by atoms with van der Waals surface area (Å²) in [6, 6.07) is 9.39. The number of carbonyl (C=O) groups excluding carboxylic acids is 1. The van der Waals surface area contributed by atoms with Crippen molar-refractivity contribution < 1.29 is 4.79 Å². The third-order valence-electron chi connectivity index (χ3n) is 4.38. The summed E-state index contributed by atoms with van der Waals surface area (Å²) in [5.41, 5.74) is 2.65. The number of amides is 1. The van der Waals surface area contributed by atoms with Crippen LogP contribution in [0.25, 0.3) is 0 Å². The standard InChI is InChI=1S/C19H18ClN3OS2/c1-11-2-7-14-15(10-21)18(26-16(14)8-11)23-19(25)22-17(24)9-12-3-5-13(20)6-4-12/h3-6,11H,2,7-9H2,1H3,(H2,22,23,24,25)/t11-/m0/s1. The maximum absolute atomic E-state index is 12.2. The van der Waals surface area contributed by atoms with Crippen molar-refractivity contribution in [1.82, 2.24) is 5.32 Å². The number of halogens is 1. The number of hydrogen-bond donors (Lipinski definition) is 2. The van der Waals surface area contributed by atoms with Crippen LogP contribution < -0.4 is 10.6 Å². The summed E-state index contributed by atoms with van der Waals surface area (Å²) in [4.78, 5) is 13.4. The van der Waals surface area contributed by atoms with Crippen LogP contribution in [0.3, 0.4) is 0 Å². The molecule has 1 aromatic heterocycles. The van der Waals surface area contributed by atoms with Gasteiger partial charge in [0.1, 0.15) is 11.1 Å². The number of fused-ring (bicyclic) bond motifs is 1. The van der Waals surface area contributed by atoms with Gasteiger partial charge in [-0.05, 0) is 60.7 Å². The minimum absolute atomic E-state index is 0.210. The number of anilines is 1. The molecular formula is C19H18ClN3OS2. The molecule has 0 bridgehead atoms. The maximum atomic E-state index is 12.2. The molecule has 0 saturated carbocycles. The molecule has 2 N–H and O–H groups in total. The van der Waals surface area contributed by atoms with E-state index in [0.717, 1.165) is 35.4 Å². The Kier molecular flexibility index (Phi) is 5.92. The van der Waals surface area contributed by atoms with E-state index in [9.17, 15) is 10.1 Å². The first kappa shape index (κ1) is 18.8. The van der Waals surface area contributed by atoms with Gasteiger partial charge in [-0.25, -0.2) is 0 Å². The van der Waals surface area contributed by atoms with Gasteiger partial charge in [-0.15, -0.1) is 11.3 Å². The van der Waals surface area contributed by atoms with Crippen molar-refractivity contribution >= 4 is 51.2 Å². The highest BCUT2D eigenvalue weighted by molar-refractivity contribution is 7.80. The smallest absolute Gasteiger partial charge is 0.230 e. The highest BCUT2D eigenvalue weighted by Crippen LogP contribution is 2.39. The molecule has 0 fully saturated rings. The molecule has 4 nitrogen and oxygen atoms in total. The summed E-state index contributed by atoms with van der Waals surface area (Å²) in [5, 5.41) is 16.8. The first-order chi connectivity index (χ1) is 12.5. The zero-order chi connectivity index (χ0) is 18.7. The van der Waals surface area contributed by atoms with Crippen molar-refractivity contribution in [3.05, 3.63) is 50.9 Å². The Balaban J connectivity index is 1.64. The highest BCUT2D eigenvalue weighted by atomic mass is 35.5. The quantitative estimate of drug-likeness (QED) is 0.743. The molecule has 0 radical (unpaired) electrons. The molecule has 1 heterocycles. The number of nitriles is 1. The SMILES string of the molecule is C[C@H]1CCc2c(sc(NC(=S)NC(=O)Cc3ccc(Cl)cc3)c2C#N)C1. The van der Waals surface area contributed by atoms with Gasteiger partial charge in [0.15, 0.2) is 5.11 Å². The second-order valence-electron chi connectivity index (χ2n) is 6.47. The molecule has 1 aromatic carbocycles. The molecule has 0 unspecified atom stereocenters. The van der Waals surface area contributed by atoms with Gasteiger partial charge in [0, 0.05) is 9.90 Å². The second-order valence-corrected chi connectivity index (χ2v) is 8.42. The Morgan fingerprint density at radius 3 is 2.85 bits per heavy atom. The van der Waals surface area contributed by atoms with E-state index >= 15 is 0 Å². The Morgan fingerprint density at radius 2 is 2.15 bits per heavy atom. The lowest BCUT2D eigenvalue weighted by atomic mass is 9.89. The van der Waals surface area contributed by atoms with Crippen molar-refractivity contribution in [3.8, 4) is 6.07 Å². The van der Waals surface area contributed by atoms with Gasteiger partial charge < -0.3 is 10.6 Å². The van der Waals surface area contributed by atoms with E-state index in [0.29, 0.717) is 16.5 Å². The summed E-state index contributed by atoms with van der Waals surface area (Å²) < 4.78 is 0. The average Bonchev–Trinajstić information content (AvgIpc) is 2.92. The lowest BCUT2D eigenvalue weighted by molar-refractivity contribution is -0.119. The van der Waals surface area contributed by atoms with Crippen molar-refractivity contribution in [2.45, 2.75) is 32.6 Å². The van der Waals surface area contributed by atoms with Crippen LogP contribution in [0.2, 0.25) is 5.02 Å². The van der Waals surface area contributed by atoms with Gasteiger partial charge in [-0.2, -0.15) is 5.26 Å². The zero-order valence-electron chi connectivity index (χ0n) is 14.3. The molecule has 3 rings (SSSR count). The monoisotopic (exact) mass is 403 g/mol. The molecule has 1 atom stereocenters. The molecule has 1 aliphatic rings. The molecule has 1 aliphatic carbocycles. The van der Waals surface area contributed by atoms with Crippen LogP contribution in [0.1, 0.15) is 34.9 Å². The fourth-order valence-corrected chi connectivity index (χ4v) is 4.82. The van der Waals surface area contributed by atoms with E-state index in [1.807, 2.05) is 0 Å². The van der Waals surface area contributed by atoms with Crippen LogP contribution in [-0.4, -0.2) is 11.0 Å². The summed E-state index contributed by atoms with van der Waals surface area (Å²) in [6.07, 6.45) is 3.22. The van der Waals surface area contributed by atoms with Gasteiger partial charge >= 0.3 is 0 Å². The van der Waals surface area contributed by atoms with Gasteiger partial charge in [-0.3, -0.25) is 4.79 Å². The zero-order valence-corrected chi connectivity index (χ0v) is 16.7. The summed E-state index contributed by atoms with van der Waals surface area (Å²) in [7, 11) is 0. The Labute approximate surface area is 167 Å². The lowest BCUT2D eigenvalue weighted by Gasteiger charge is -2.17. The predicted molar refractivity (Wildman–Crippen MR) is 110 cm³/mol. The number of benzene rings is 1. The first-order valence-corrected chi connectivity index (χ1v) is 9.96. The van der Waals surface area contributed by atoms with E-state index in [4.69, 9.17) is 23.8 Å². The number of carbonyl (C=O) groups is 1. The van der Waals surface area contributed by atoms with Gasteiger partial charge in [0.25, 0.3) is 0 Å². The van der Waals surface area contributed by atoms with Crippen LogP contribution in [0, 0.1) is 17.2 Å².